The first-order valence-corrected chi connectivity index (χ1v) is 13.6. The second-order valence-corrected chi connectivity index (χ2v) is 11.1. The van der Waals surface area contributed by atoms with Gasteiger partial charge in [0.2, 0.25) is 0 Å². The standard InChI is InChI=1S/C28H46O2/c1-2-3-4-6-12-24-16-15-23-13-9-14-26(23)27(24)28(29)30-25-19-17-22(18-20-25)21-10-7-5-8-11-21/h15-16,21-27H,2-14,17-20H2,1H3/t22?,23-,24+,25?,26-,27-/m0/s1. The van der Waals surface area contributed by atoms with Crippen LogP contribution in [0, 0.1) is 35.5 Å². The minimum absolute atomic E-state index is 0.139. The van der Waals surface area contributed by atoms with Gasteiger partial charge in [-0.1, -0.05) is 83.3 Å². The number of carbonyl (C=O) groups is 1. The van der Waals surface area contributed by atoms with E-state index in [0.29, 0.717) is 17.8 Å². The van der Waals surface area contributed by atoms with Crippen molar-refractivity contribution < 1.29 is 9.53 Å². The zero-order valence-corrected chi connectivity index (χ0v) is 19.5. The van der Waals surface area contributed by atoms with Gasteiger partial charge in [-0.25, -0.2) is 0 Å². The molecular formula is C28H46O2. The van der Waals surface area contributed by atoms with Gasteiger partial charge in [-0.05, 0) is 74.5 Å². The van der Waals surface area contributed by atoms with Gasteiger partial charge in [-0.3, -0.25) is 4.79 Å². The summed E-state index contributed by atoms with van der Waals surface area (Å²) in [6.07, 6.45) is 27.2. The van der Waals surface area contributed by atoms with Crippen molar-refractivity contribution in [1.82, 2.24) is 0 Å². The Balaban J connectivity index is 1.30. The molecule has 0 unspecified atom stereocenters. The van der Waals surface area contributed by atoms with E-state index in [1.54, 1.807) is 0 Å². The molecule has 3 saturated carbocycles. The maximum absolute atomic E-state index is 13.4. The molecular weight excluding hydrogens is 368 g/mol. The highest BCUT2D eigenvalue weighted by atomic mass is 16.5. The molecule has 0 saturated heterocycles. The van der Waals surface area contributed by atoms with Crippen LogP contribution >= 0.6 is 0 Å². The lowest BCUT2D eigenvalue weighted by molar-refractivity contribution is -0.161. The molecule has 0 amide bonds. The summed E-state index contributed by atoms with van der Waals surface area (Å²) < 4.78 is 6.26. The molecule has 170 valence electrons. The molecule has 0 spiro atoms. The molecule has 30 heavy (non-hydrogen) atoms. The summed E-state index contributed by atoms with van der Waals surface area (Å²) in [4.78, 5) is 13.4. The van der Waals surface area contributed by atoms with Crippen LogP contribution in [0.25, 0.3) is 0 Å². The third-order valence-corrected chi connectivity index (χ3v) is 9.13. The monoisotopic (exact) mass is 414 g/mol. The highest BCUT2D eigenvalue weighted by Crippen LogP contribution is 2.47. The lowest BCUT2D eigenvalue weighted by Crippen LogP contribution is -2.38. The van der Waals surface area contributed by atoms with Crippen molar-refractivity contribution >= 4 is 5.97 Å². The Morgan fingerprint density at radius 3 is 2.33 bits per heavy atom. The van der Waals surface area contributed by atoms with Crippen molar-refractivity contribution in [2.45, 2.75) is 122 Å². The van der Waals surface area contributed by atoms with Gasteiger partial charge >= 0.3 is 5.97 Å². The van der Waals surface area contributed by atoms with E-state index in [2.05, 4.69) is 19.1 Å². The average molecular weight is 415 g/mol. The maximum atomic E-state index is 13.4. The second kappa shape index (κ2) is 11.2. The van der Waals surface area contributed by atoms with Gasteiger partial charge in [0, 0.05) is 0 Å². The number of carbonyl (C=O) groups excluding carboxylic acids is 1. The molecule has 3 fully saturated rings. The maximum Gasteiger partial charge on any atom is 0.310 e. The number of hydrogen-bond donors (Lipinski definition) is 0. The van der Waals surface area contributed by atoms with E-state index in [9.17, 15) is 4.79 Å². The summed E-state index contributed by atoms with van der Waals surface area (Å²) in [7, 11) is 0. The lowest BCUT2D eigenvalue weighted by atomic mass is 9.70. The molecule has 0 radical (unpaired) electrons. The molecule has 0 aliphatic heterocycles. The first-order chi connectivity index (χ1) is 14.8. The first-order valence-electron chi connectivity index (χ1n) is 13.6. The van der Waals surface area contributed by atoms with Crippen LogP contribution in [0.2, 0.25) is 0 Å². The number of allylic oxidation sites excluding steroid dienone is 2. The molecule has 4 aliphatic carbocycles. The summed E-state index contributed by atoms with van der Waals surface area (Å²) in [5.41, 5.74) is 0. The van der Waals surface area contributed by atoms with Crippen LogP contribution in [-0.4, -0.2) is 12.1 Å². The summed E-state index contributed by atoms with van der Waals surface area (Å²) in [6, 6.07) is 0. The minimum atomic E-state index is 0.139. The fourth-order valence-electron chi connectivity index (χ4n) is 7.38. The van der Waals surface area contributed by atoms with Crippen LogP contribution in [0.4, 0.5) is 0 Å². The zero-order chi connectivity index (χ0) is 20.8. The number of rotatable bonds is 8. The fourth-order valence-corrected chi connectivity index (χ4v) is 7.38. The van der Waals surface area contributed by atoms with E-state index in [4.69, 9.17) is 4.74 Å². The smallest absolute Gasteiger partial charge is 0.310 e. The van der Waals surface area contributed by atoms with Crippen LogP contribution in [-0.2, 0) is 9.53 Å². The molecule has 4 atom stereocenters. The van der Waals surface area contributed by atoms with Crippen LogP contribution in [0.15, 0.2) is 12.2 Å². The molecule has 0 bridgehead atoms. The molecule has 0 aromatic rings. The zero-order valence-electron chi connectivity index (χ0n) is 19.5. The summed E-state index contributed by atoms with van der Waals surface area (Å²) in [5, 5.41) is 0. The Hall–Kier alpha value is -0.790. The predicted molar refractivity (Wildman–Crippen MR) is 124 cm³/mol. The topological polar surface area (TPSA) is 26.3 Å². The Morgan fingerprint density at radius 1 is 0.800 bits per heavy atom. The highest BCUT2D eigenvalue weighted by Gasteiger charge is 2.44. The lowest BCUT2D eigenvalue weighted by Gasteiger charge is -2.38. The van der Waals surface area contributed by atoms with Gasteiger partial charge in [0.15, 0.2) is 0 Å². The SMILES string of the molecule is CCCCCC[C@@H]1C=C[C@@H]2CCC[C@@H]2[C@H]1C(=O)OC1CCC(C2CCCCC2)CC1. The number of unbranched alkanes of at least 4 members (excludes halogenated alkanes) is 3. The Labute approximate surface area is 185 Å². The van der Waals surface area contributed by atoms with Crippen LogP contribution in [0.1, 0.15) is 116 Å². The van der Waals surface area contributed by atoms with Gasteiger partial charge in [0.1, 0.15) is 6.10 Å². The predicted octanol–water partition coefficient (Wildman–Crippen LogP) is 7.86. The summed E-state index contributed by atoms with van der Waals surface area (Å²) in [6.45, 7) is 2.27. The largest absolute Gasteiger partial charge is 0.462 e. The average Bonchev–Trinajstić information content (AvgIpc) is 3.26. The molecule has 0 heterocycles. The number of ether oxygens (including phenoxy) is 1. The second-order valence-electron chi connectivity index (χ2n) is 11.1. The van der Waals surface area contributed by atoms with Gasteiger partial charge in [-0.2, -0.15) is 0 Å². The quantitative estimate of drug-likeness (QED) is 0.229. The van der Waals surface area contributed by atoms with Gasteiger partial charge < -0.3 is 4.74 Å². The normalized spacial score (nSPS) is 37.1. The molecule has 0 aromatic carbocycles. The Morgan fingerprint density at radius 2 is 1.57 bits per heavy atom. The van der Waals surface area contributed by atoms with E-state index in [-0.39, 0.29) is 18.0 Å². The van der Waals surface area contributed by atoms with Crippen LogP contribution < -0.4 is 0 Å². The fraction of sp³-hybridized carbons (Fsp3) is 0.893. The van der Waals surface area contributed by atoms with Crippen LogP contribution in [0.3, 0.4) is 0 Å². The van der Waals surface area contributed by atoms with Gasteiger partial charge in [0.25, 0.3) is 0 Å². The van der Waals surface area contributed by atoms with Crippen molar-refractivity contribution in [2.75, 3.05) is 0 Å². The molecule has 2 heteroatoms. The van der Waals surface area contributed by atoms with Crippen molar-refractivity contribution in [3.8, 4) is 0 Å². The number of hydrogen-bond acceptors (Lipinski definition) is 2. The molecule has 0 N–H and O–H groups in total. The van der Waals surface area contributed by atoms with Crippen molar-refractivity contribution in [3.05, 3.63) is 12.2 Å². The Kier molecular flexibility index (Phi) is 8.35. The number of esters is 1. The highest BCUT2D eigenvalue weighted by molar-refractivity contribution is 5.74. The molecule has 4 aliphatic rings. The van der Waals surface area contributed by atoms with E-state index in [1.165, 1.54) is 96.3 Å². The third-order valence-electron chi connectivity index (χ3n) is 9.13. The van der Waals surface area contributed by atoms with Crippen molar-refractivity contribution in [1.29, 1.82) is 0 Å². The Bertz CT molecular complexity index is 553. The molecule has 0 aromatic heterocycles. The van der Waals surface area contributed by atoms with Crippen molar-refractivity contribution in [2.24, 2.45) is 35.5 Å². The van der Waals surface area contributed by atoms with Crippen molar-refractivity contribution in [3.63, 3.8) is 0 Å². The first kappa shape index (κ1) is 22.4. The van der Waals surface area contributed by atoms with E-state index >= 15 is 0 Å². The van der Waals surface area contributed by atoms with Gasteiger partial charge in [-0.15, -0.1) is 0 Å². The third kappa shape index (κ3) is 5.52. The van der Waals surface area contributed by atoms with E-state index < -0.39 is 0 Å². The molecule has 4 rings (SSSR count). The van der Waals surface area contributed by atoms with Crippen LogP contribution in [0.5, 0.6) is 0 Å². The van der Waals surface area contributed by atoms with E-state index in [0.717, 1.165) is 24.7 Å². The van der Waals surface area contributed by atoms with Gasteiger partial charge in [0.05, 0.1) is 5.92 Å². The summed E-state index contributed by atoms with van der Waals surface area (Å²) in [5.74, 6) is 3.79. The molecule has 2 nitrogen and oxygen atoms in total. The number of fused-ring (bicyclic) bond motifs is 1. The van der Waals surface area contributed by atoms with E-state index in [1.807, 2.05) is 0 Å². The summed E-state index contributed by atoms with van der Waals surface area (Å²) >= 11 is 0. The minimum Gasteiger partial charge on any atom is -0.462 e.